The van der Waals surface area contributed by atoms with Crippen LogP contribution < -0.4 is 4.89 Å². The van der Waals surface area contributed by atoms with E-state index in [1.165, 1.54) is 109 Å². The van der Waals surface area contributed by atoms with Gasteiger partial charge in [-0.25, -0.2) is 0 Å². The highest BCUT2D eigenvalue weighted by Crippen LogP contribution is 2.40. The predicted molar refractivity (Wildman–Crippen MR) is 158 cm³/mol. The van der Waals surface area contributed by atoms with E-state index in [1.807, 2.05) is 21.1 Å². The largest absolute Gasteiger partial charge is 0.756 e. The van der Waals surface area contributed by atoms with Gasteiger partial charge in [0.15, 0.2) is 0 Å². The predicted octanol–water partition coefficient (Wildman–Crippen LogP) is 8.42. The maximum atomic E-state index is 12.1. The standard InChI is InChI=1S/C31H64NO5P/c1-5-6-7-8-9-10-11-12-13-14-15-16-17-18-19-20-21-22-27-35-31-25-23-24-30(31)29-37-38(33,34)36-28-26-32(2,3)4/h30-31H,5-29H2,1-4H3/t30-,31-/m0/s1. The molecule has 38 heavy (non-hydrogen) atoms. The van der Waals surface area contributed by atoms with Crippen molar-refractivity contribution in [2.45, 2.75) is 148 Å². The van der Waals surface area contributed by atoms with E-state index < -0.39 is 7.82 Å². The lowest BCUT2D eigenvalue weighted by Gasteiger charge is -2.28. The third kappa shape index (κ3) is 21.8. The smallest absolute Gasteiger partial charge is 0.268 e. The molecular formula is C31H64NO5P. The fourth-order valence-corrected chi connectivity index (χ4v) is 6.06. The zero-order valence-corrected chi connectivity index (χ0v) is 26.7. The molecule has 1 rings (SSSR count). The van der Waals surface area contributed by atoms with E-state index in [-0.39, 0.29) is 25.2 Å². The number of quaternary nitrogens is 1. The van der Waals surface area contributed by atoms with Gasteiger partial charge in [0, 0.05) is 12.5 Å². The highest BCUT2D eigenvalue weighted by molar-refractivity contribution is 7.45. The normalized spacial score (nSPS) is 19.7. The first-order chi connectivity index (χ1) is 18.2. The minimum Gasteiger partial charge on any atom is -0.756 e. The second-order valence-electron chi connectivity index (χ2n) is 12.7. The number of likely N-dealkylation sites (N-methyl/N-ethyl adjacent to an activating group) is 1. The summed E-state index contributed by atoms with van der Waals surface area (Å²) in [6, 6.07) is 0. The minimum atomic E-state index is -4.24. The van der Waals surface area contributed by atoms with Crippen molar-refractivity contribution in [2.75, 3.05) is 47.5 Å². The molecule has 0 heterocycles. The lowest BCUT2D eigenvalue weighted by atomic mass is 10.0. The van der Waals surface area contributed by atoms with Crippen molar-refractivity contribution in [2.24, 2.45) is 5.92 Å². The Kier molecular flexibility index (Phi) is 21.5. The van der Waals surface area contributed by atoms with Gasteiger partial charge in [0.05, 0.1) is 33.9 Å². The first-order valence-corrected chi connectivity index (χ1v) is 17.7. The van der Waals surface area contributed by atoms with Crippen LogP contribution in [0.5, 0.6) is 0 Å². The molecule has 0 aromatic rings. The summed E-state index contributed by atoms with van der Waals surface area (Å²) in [5.41, 5.74) is 0. The van der Waals surface area contributed by atoms with Crippen LogP contribution >= 0.6 is 7.82 Å². The molecule has 0 amide bonds. The molecule has 0 aromatic heterocycles. The van der Waals surface area contributed by atoms with E-state index >= 15 is 0 Å². The quantitative estimate of drug-likeness (QED) is 0.0572. The Balaban J connectivity index is 1.90. The van der Waals surface area contributed by atoms with Crippen LogP contribution in [0.1, 0.15) is 142 Å². The Bertz CT molecular complexity index is 583. The molecule has 0 aliphatic heterocycles. The summed E-state index contributed by atoms with van der Waals surface area (Å²) in [6.07, 6.45) is 28.0. The summed E-state index contributed by atoms with van der Waals surface area (Å²) in [7, 11) is 1.76. The summed E-state index contributed by atoms with van der Waals surface area (Å²) in [5, 5.41) is 0. The summed E-state index contributed by atoms with van der Waals surface area (Å²) in [6.45, 7) is 4.00. The number of hydrogen-bond acceptors (Lipinski definition) is 5. The van der Waals surface area contributed by atoms with Crippen molar-refractivity contribution in [3.05, 3.63) is 0 Å². The maximum absolute atomic E-state index is 12.1. The van der Waals surface area contributed by atoms with Crippen molar-refractivity contribution in [1.82, 2.24) is 0 Å². The fourth-order valence-electron chi connectivity index (χ4n) is 5.30. The van der Waals surface area contributed by atoms with Crippen LogP contribution in [0.4, 0.5) is 0 Å². The van der Waals surface area contributed by atoms with Crippen LogP contribution in [-0.2, 0) is 18.3 Å². The highest BCUT2D eigenvalue weighted by atomic mass is 31.2. The van der Waals surface area contributed by atoms with Gasteiger partial charge in [0.25, 0.3) is 7.82 Å². The van der Waals surface area contributed by atoms with Gasteiger partial charge in [0.1, 0.15) is 13.2 Å². The zero-order valence-electron chi connectivity index (χ0n) is 25.8. The van der Waals surface area contributed by atoms with Gasteiger partial charge in [-0.05, 0) is 19.3 Å². The van der Waals surface area contributed by atoms with E-state index in [4.69, 9.17) is 13.8 Å². The molecule has 0 aromatic carbocycles. The zero-order chi connectivity index (χ0) is 28.0. The summed E-state index contributed by atoms with van der Waals surface area (Å²) in [4.78, 5) is 12.1. The molecule has 1 saturated carbocycles. The van der Waals surface area contributed by atoms with Crippen LogP contribution in [0.25, 0.3) is 0 Å². The molecule has 228 valence electrons. The number of phosphoric ester groups is 1. The van der Waals surface area contributed by atoms with E-state index in [2.05, 4.69) is 6.92 Å². The molecule has 0 spiro atoms. The van der Waals surface area contributed by atoms with E-state index in [0.717, 1.165) is 32.3 Å². The topological polar surface area (TPSA) is 67.8 Å². The second kappa shape index (κ2) is 22.7. The summed E-state index contributed by atoms with van der Waals surface area (Å²) < 4.78 is 29.0. The molecule has 7 heteroatoms. The van der Waals surface area contributed by atoms with Crippen LogP contribution in [0.3, 0.4) is 0 Å². The third-order valence-corrected chi connectivity index (χ3v) is 8.84. The van der Waals surface area contributed by atoms with Gasteiger partial charge < -0.3 is 23.2 Å². The number of ether oxygens (including phenoxy) is 1. The number of unbranched alkanes of at least 4 members (excludes halogenated alkanes) is 17. The minimum absolute atomic E-state index is 0.118. The summed E-state index contributed by atoms with van der Waals surface area (Å²) in [5.74, 6) is 0.148. The Morgan fingerprint density at radius 3 is 1.63 bits per heavy atom. The van der Waals surface area contributed by atoms with Gasteiger partial charge in [-0.1, -0.05) is 122 Å². The molecule has 1 aliphatic rings. The lowest BCUT2D eigenvalue weighted by molar-refractivity contribution is -0.870. The van der Waals surface area contributed by atoms with E-state index in [1.54, 1.807) is 0 Å². The van der Waals surface area contributed by atoms with Crippen LogP contribution in [0.15, 0.2) is 0 Å². The van der Waals surface area contributed by atoms with Gasteiger partial charge in [-0.2, -0.15) is 0 Å². The van der Waals surface area contributed by atoms with Gasteiger partial charge in [-0.15, -0.1) is 0 Å². The van der Waals surface area contributed by atoms with Crippen molar-refractivity contribution in [3.8, 4) is 0 Å². The molecule has 1 aliphatic carbocycles. The second-order valence-corrected chi connectivity index (χ2v) is 14.1. The number of phosphoric acid groups is 1. The SMILES string of the molecule is CCCCCCCCCCCCCCCCCCCCO[C@H]1CCC[C@H]1COP(=O)([O-])OCC[N+](C)(C)C. The summed E-state index contributed by atoms with van der Waals surface area (Å²) >= 11 is 0. The first kappa shape index (κ1) is 36.1. The van der Waals surface area contributed by atoms with Crippen LogP contribution in [0.2, 0.25) is 0 Å². The molecule has 3 atom stereocenters. The van der Waals surface area contributed by atoms with Crippen LogP contribution in [-0.4, -0.2) is 58.1 Å². The molecule has 0 bridgehead atoms. The molecule has 0 N–H and O–H groups in total. The van der Waals surface area contributed by atoms with Gasteiger partial charge in [0.2, 0.25) is 0 Å². The first-order valence-electron chi connectivity index (χ1n) is 16.3. The Morgan fingerprint density at radius 2 is 1.16 bits per heavy atom. The molecule has 0 radical (unpaired) electrons. The molecule has 6 nitrogen and oxygen atoms in total. The molecular weight excluding hydrogens is 497 g/mol. The lowest BCUT2D eigenvalue weighted by Crippen LogP contribution is -2.37. The average Bonchev–Trinajstić information content (AvgIpc) is 3.30. The van der Waals surface area contributed by atoms with Crippen molar-refractivity contribution < 1.29 is 27.7 Å². The number of rotatable bonds is 27. The van der Waals surface area contributed by atoms with Crippen molar-refractivity contribution in [1.29, 1.82) is 0 Å². The average molecular weight is 562 g/mol. The monoisotopic (exact) mass is 561 g/mol. The Morgan fingerprint density at radius 1 is 0.684 bits per heavy atom. The Hall–Kier alpha value is 0.0300. The van der Waals surface area contributed by atoms with Crippen LogP contribution in [0, 0.1) is 5.92 Å². The van der Waals surface area contributed by atoms with Gasteiger partial charge in [-0.3, -0.25) is 4.57 Å². The third-order valence-electron chi connectivity index (χ3n) is 7.88. The number of hydrogen-bond donors (Lipinski definition) is 0. The Labute approximate surface area is 236 Å². The number of nitrogens with zero attached hydrogens (tertiary/aromatic N) is 1. The van der Waals surface area contributed by atoms with Crippen molar-refractivity contribution >= 4 is 7.82 Å². The van der Waals surface area contributed by atoms with Gasteiger partial charge >= 0.3 is 0 Å². The fraction of sp³-hybridized carbons (Fsp3) is 1.00. The molecule has 0 saturated heterocycles. The highest BCUT2D eigenvalue weighted by Gasteiger charge is 2.29. The van der Waals surface area contributed by atoms with Crippen molar-refractivity contribution in [3.63, 3.8) is 0 Å². The molecule has 1 fully saturated rings. The molecule has 1 unspecified atom stereocenters. The van der Waals surface area contributed by atoms with E-state index in [9.17, 15) is 9.46 Å². The maximum Gasteiger partial charge on any atom is 0.268 e. The van der Waals surface area contributed by atoms with E-state index in [0.29, 0.717) is 11.0 Å².